The number of unbranched alkanes of at least 4 members (excludes halogenated alkanes) is 1. The van der Waals surface area contributed by atoms with E-state index >= 15 is 0 Å². The van der Waals surface area contributed by atoms with E-state index in [0.717, 1.165) is 19.1 Å². The fraction of sp³-hybridized carbons (Fsp3) is 0.481. The molecule has 0 aliphatic heterocycles. The van der Waals surface area contributed by atoms with Gasteiger partial charge < -0.3 is 15.0 Å². The molecule has 0 heterocycles. The summed E-state index contributed by atoms with van der Waals surface area (Å²) in [6, 6.07) is 11.8. The number of nitrogens with zero attached hydrogens (tertiary/aromatic N) is 2. The molecule has 0 spiro atoms. The summed E-state index contributed by atoms with van der Waals surface area (Å²) in [5, 5.41) is 2.90. The predicted octanol–water partition coefficient (Wildman–Crippen LogP) is 4.10. The highest BCUT2D eigenvalue weighted by Gasteiger charge is 2.28. The highest BCUT2D eigenvalue weighted by atomic mass is 32.2. The topological polar surface area (TPSA) is 96.0 Å². The molecule has 10 heteroatoms. The normalized spacial score (nSPS) is 12.0. The lowest BCUT2D eigenvalue weighted by atomic mass is 10.1. The quantitative estimate of drug-likeness (QED) is 0.347. The maximum absolute atomic E-state index is 13.4. The molecule has 1 N–H and O–H groups in total. The first kappa shape index (κ1) is 30.1. The molecule has 0 saturated carbocycles. The SMILES string of the molecule is CCCCNC(=O)[C@H](CC)N(Cc1ccc(F)cc1)C(=O)CCCN(c1cccc(OC)c1)S(C)(=O)=O. The van der Waals surface area contributed by atoms with Crippen LogP contribution in [-0.4, -0.2) is 57.6 Å². The van der Waals surface area contributed by atoms with E-state index in [9.17, 15) is 22.4 Å². The van der Waals surface area contributed by atoms with Crippen LogP contribution >= 0.6 is 0 Å². The maximum Gasteiger partial charge on any atom is 0.242 e. The minimum atomic E-state index is -3.61. The zero-order valence-electron chi connectivity index (χ0n) is 22.1. The summed E-state index contributed by atoms with van der Waals surface area (Å²) in [6.07, 6.45) is 3.57. The monoisotopic (exact) mass is 535 g/mol. The highest BCUT2D eigenvalue weighted by molar-refractivity contribution is 7.92. The van der Waals surface area contributed by atoms with Crippen LogP contribution in [0.25, 0.3) is 0 Å². The molecule has 0 fully saturated rings. The van der Waals surface area contributed by atoms with E-state index in [1.807, 2.05) is 13.8 Å². The highest BCUT2D eigenvalue weighted by Crippen LogP contribution is 2.24. The van der Waals surface area contributed by atoms with Crippen LogP contribution in [-0.2, 0) is 26.2 Å². The Morgan fingerprint density at radius 3 is 2.38 bits per heavy atom. The summed E-state index contributed by atoms with van der Waals surface area (Å²) >= 11 is 0. The van der Waals surface area contributed by atoms with Gasteiger partial charge in [0.15, 0.2) is 0 Å². The van der Waals surface area contributed by atoms with Crippen molar-refractivity contribution in [2.24, 2.45) is 0 Å². The van der Waals surface area contributed by atoms with E-state index in [0.29, 0.717) is 30.0 Å². The average Bonchev–Trinajstić information content (AvgIpc) is 2.87. The van der Waals surface area contributed by atoms with Gasteiger partial charge in [-0.2, -0.15) is 0 Å². The van der Waals surface area contributed by atoms with Crippen LogP contribution in [0.3, 0.4) is 0 Å². The predicted molar refractivity (Wildman–Crippen MR) is 143 cm³/mol. The van der Waals surface area contributed by atoms with Crippen molar-refractivity contribution in [2.45, 2.75) is 58.5 Å². The number of nitrogens with one attached hydrogen (secondary N) is 1. The van der Waals surface area contributed by atoms with Gasteiger partial charge in [-0.15, -0.1) is 0 Å². The first-order valence-electron chi connectivity index (χ1n) is 12.5. The Morgan fingerprint density at radius 1 is 1.08 bits per heavy atom. The Bertz CT molecular complexity index is 1130. The van der Waals surface area contributed by atoms with Crippen molar-refractivity contribution >= 4 is 27.5 Å². The number of anilines is 1. The fourth-order valence-electron chi connectivity index (χ4n) is 3.98. The molecule has 8 nitrogen and oxygen atoms in total. The number of benzene rings is 2. The molecule has 2 rings (SSSR count). The van der Waals surface area contributed by atoms with Crippen LogP contribution in [0.15, 0.2) is 48.5 Å². The maximum atomic E-state index is 13.4. The Hall–Kier alpha value is -3.14. The summed E-state index contributed by atoms with van der Waals surface area (Å²) in [5.74, 6) is -0.376. The van der Waals surface area contributed by atoms with Crippen molar-refractivity contribution in [3.05, 3.63) is 59.9 Å². The van der Waals surface area contributed by atoms with Crippen molar-refractivity contribution < 1.29 is 27.1 Å². The van der Waals surface area contributed by atoms with Crippen molar-refractivity contribution in [3.63, 3.8) is 0 Å². The molecule has 0 aromatic heterocycles. The second kappa shape index (κ2) is 14.6. The average molecular weight is 536 g/mol. The summed E-state index contributed by atoms with van der Waals surface area (Å²) in [7, 11) is -2.11. The van der Waals surface area contributed by atoms with E-state index < -0.39 is 16.1 Å². The third-order valence-electron chi connectivity index (χ3n) is 5.98. The van der Waals surface area contributed by atoms with E-state index in [1.165, 1.54) is 28.4 Å². The largest absolute Gasteiger partial charge is 0.497 e. The summed E-state index contributed by atoms with van der Waals surface area (Å²) in [4.78, 5) is 27.8. The Morgan fingerprint density at radius 2 is 1.78 bits per heavy atom. The molecule has 0 radical (unpaired) electrons. The lowest BCUT2D eigenvalue weighted by Gasteiger charge is -2.31. The molecular formula is C27H38FN3O5S. The Kier molecular flexibility index (Phi) is 11.8. The molecule has 2 amide bonds. The third kappa shape index (κ3) is 9.35. The van der Waals surface area contributed by atoms with Gasteiger partial charge in [-0.3, -0.25) is 13.9 Å². The van der Waals surface area contributed by atoms with Crippen LogP contribution in [0, 0.1) is 5.82 Å². The standard InChI is InChI=1S/C27H38FN3O5S/c1-5-7-17-29-27(33)25(6-2)30(20-21-13-15-22(28)16-14-21)26(32)12-9-18-31(37(4,34)35)23-10-8-11-24(19-23)36-3/h8,10-11,13-16,19,25H,5-7,9,12,17-18,20H2,1-4H3,(H,29,33)/t25-/m0/s1. The van der Waals surface area contributed by atoms with Gasteiger partial charge in [0, 0.05) is 32.1 Å². The van der Waals surface area contributed by atoms with Gasteiger partial charge in [-0.25, -0.2) is 12.8 Å². The van der Waals surface area contributed by atoms with Crippen LogP contribution in [0.1, 0.15) is 51.5 Å². The van der Waals surface area contributed by atoms with Crippen LogP contribution in [0.4, 0.5) is 10.1 Å². The molecule has 0 saturated heterocycles. The van der Waals surface area contributed by atoms with E-state index in [1.54, 1.807) is 36.4 Å². The number of carbonyl (C=O) groups excluding carboxylic acids is 2. The molecule has 37 heavy (non-hydrogen) atoms. The number of ether oxygens (including phenoxy) is 1. The number of halogens is 1. The molecule has 0 aliphatic carbocycles. The lowest BCUT2D eigenvalue weighted by Crippen LogP contribution is -2.49. The van der Waals surface area contributed by atoms with Crippen molar-refractivity contribution in [2.75, 3.05) is 30.8 Å². The minimum Gasteiger partial charge on any atom is -0.497 e. The first-order valence-corrected chi connectivity index (χ1v) is 14.4. The number of sulfonamides is 1. The number of methoxy groups -OCH3 is 1. The molecule has 0 bridgehead atoms. The smallest absolute Gasteiger partial charge is 0.242 e. The van der Waals surface area contributed by atoms with Crippen molar-refractivity contribution in [1.82, 2.24) is 10.2 Å². The fourth-order valence-corrected chi connectivity index (χ4v) is 4.94. The van der Waals surface area contributed by atoms with Gasteiger partial charge in [0.05, 0.1) is 19.1 Å². The van der Waals surface area contributed by atoms with Crippen LogP contribution in [0.2, 0.25) is 0 Å². The zero-order valence-corrected chi connectivity index (χ0v) is 22.9. The van der Waals surface area contributed by atoms with Gasteiger partial charge >= 0.3 is 0 Å². The number of rotatable bonds is 15. The molecule has 0 unspecified atom stereocenters. The molecule has 1 atom stereocenters. The molecule has 2 aromatic rings. The third-order valence-corrected chi connectivity index (χ3v) is 7.17. The van der Waals surface area contributed by atoms with Gasteiger partial charge in [0.1, 0.15) is 17.6 Å². The molecule has 0 aliphatic rings. The van der Waals surface area contributed by atoms with Gasteiger partial charge in [0.2, 0.25) is 21.8 Å². The number of carbonyl (C=O) groups is 2. The van der Waals surface area contributed by atoms with Crippen LogP contribution in [0.5, 0.6) is 5.75 Å². The molecular weight excluding hydrogens is 497 g/mol. The minimum absolute atomic E-state index is 0.0376. The second-order valence-electron chi connectivity index (χ2n) is 8.86. The van der Waals surface area contributed by atoms with Gasteiger partial charge in [0.25, 0.3) is 0 Å². The Balaban J connectivity index is 2.20. The summed E-state index contributed by atoms with van der Waals surface area (Å²) < 4.78 is 44.8. The van der Waals surface area contributed by atoms with E-state index in [2.05, 4.69) is 5.32 Å². The molecule has 204 valence electrons. The summed E-state index contributed by atoms with van der Waals surface area (Å²) in [5.41, 5.74) is 1.14. The summed E-state index contributed by atoms with van der Waals surface area (Å²) in [6.45, 7) is 4.61. The van der Waals surface area contributed by atoms with Crippen molar-refractivity contribution in [1.29, 1.82) is 0 Å². The van der Waals surface area contributed by atoms with Crippen molar-refractivity contribution in [3.8, 4) is 5.75 Å². The second-order valence-corrected chi connectivity index (χ2v) is 10.8. The van der Waals surface area contributed by atoms with E-state index in [-0.39, 0.29) is 43.6 Å². The Labute approximate surface area is 219 Å². The van der Waals surface area contributed by atoms with E-state index in [4.69, 9.17) is 4.74 Å². The zero-order chi connectivity index (χ0) is 27.4. The number of hydrogen-bond donors (Lipinski definition) is 1. The van der Waals surface area contributed by atoms with Gasteiger partial charge in [-0.05, 0) is 49.1 Å². The molecule has 2 aromatic carbocycles. The first-order chi connectivity index (χ1) is 17.6. The van der Waals surface area contributed by atoms with Crippen LogP contribution < -0.4 is 14.4 Å². The number of hydrogen-bond acceptors (Lipinski definition) is 5. The lowest BCUT2D eigenvalue weighted by molar-refractivity contribution is -0.141. The number of amides is 2. The van der Waals surface area contributed by atoms with Gasteiger partial charge in [-0.1, -0.05) is 38.5 Å².